The Kier molecular flexibility index (Phi) is 3.76. The second-order valence-corrected chi connectivity index (χ2v) is 4.74. The van der Waals surface area contributed by atoms with E-state index in [1.54, 1.807) is 0 Å². The van der Waals surface area contributed by atoms with E-state index in [4.69, 9.17) is 10.5 Å². The summed E-state index contributed by atoms with van der Waals surface area (Å²) in [6.07, 6.45) is 3.14. The maximum atomic E-state index is 5.85. The largest absolute Gasteiger partial charge is 0.383 e. The number of nitrogen functional groups attached to an aromatic ring is 1. The van der Waals surface area contributed by atoms with E-state index >= 15 is 0 Å². The van der Waals surface area contributed by atoms with Crippen LogP contribution in [0.1, 0.15) is 37.2 Å². The average Bonchev–Trinajstić information content (AvgIpc) is 3.07. The molecule has 0 amide bonds. The summed E-state index contributed by atoms with van der Waals surface area (Å²) in [6.45, 7) is 3.36. The lowest BCUT2D eigenvalue weighted by Gasteiger charge is -2.08. The van der Waals surface area contributed by atoms with Crippen LogP contribution >= 0.6 is 15.9 Å². The molecule has 2 N–H and O–H groups in total. The Morgan fingerprint density at radius 1 is 1.44 bits per heavy atom. The topological polar surface area (TPSA) is 61.0 Å². The van der Waals surface area contributed by atoms with Crippen LogP contribution in [0, 0.1) is 0 Å². The van der Waals surface area contributed by atoms with Crippen molar-refractivity contribution in [2.75, 3.05) is 18.9 Å². The van der Waals surface area contributed by atoms with Gasteiger partial charge in [-0.15, -0.1) is 0 Å². The molecule has 1 saturated carbocycles. The van der Waals surface area contributed by atoms with E-state index in [1.165, 1.54) is 12.8 Å². The molecule has 1 heterocycles. The van der Waals surface area contributed by atoms with Crippen molar-refractivity contribution in [2.45, 2.75) is 32.1 Å². The minimum Gasteiger partial charge on any atom is -0.383 e. The van der Waals surface area contributed by atoms with Crippen molar-refractivity contribution in [2.24, 2.45) is 0 Å². The minimum absolute atomic E-state index is 0.545. The van der Waals surface area contributed by atoms with E-state index in [1.807, 2.05) is 6.92 Å². The minimum atomic E-state index is 0.545. The molecular weight excluding hydrogens is 270 g/mol. The number of halogens is 1. The van der Waals surface area contributed by atoms with Crippen LogP contribution in [-0.2, 0) is 11.2 Å². The molecular formula is C11H16BrN3O. The lowest BCUT2D eigenvalue weighted by atomic mass is 10.2. The third-order valence-electron chi connectivity index (χ3n) is 2.59. The molecule has 1 aliphatic rings. The van der Waals surface area contributed by atoms with Crippen molar-refractivity contribution >= 4 is 21.7 Å². The molecule has 0 aliphatic heterocycles. The molecule has 4 nitrogen and oxygen atoms in total. The van der Waals surface area contributed by atoms with Crippen LogP contribution in [0.2, 0.25) is 0 Å². The van der Waals surface area contributed by atoms with Crippen molar-refractivity contribution in [1.29, 1.82) is 0 Å². The van der Waals surface area contributed by atoms with Crippen molar-refractivity contribution in [3.8, 4) is 0 Å². The van der Waals surface area contributed by atoms with Crippen LogP contribution < -0.4 is 5.73 Å². The van der Waals surface area contributed by atoms with Crippen LogP contribution in [0.15, 0.2) is 4.47 Å². The van der Waals surface area contributed by atoms with Crippen LogP contribution in [-0.4, -0.2) is 23.2 Å². The van der Waals surface area contributed by atoms with Crippen LogP contribution in [0.25, 0.3) is 0 Å². The number of nitrogens with zero attached hydrogens (tertiary/aromatic N) is 2. The van der Waals surface area contributed by atoms with Crippen molar-refractivity contribution < 1.29 is 4.74 Å². The summed E-state index contributed by atoms with van der Waals surface area (Å²) in [7, 11) is 0. The highest BCUT2D eigenvalue weighted by atomic mass is 79.9. The zero-order chi connectivity index (χ0) is 11.5. The SMILES string of the molecule is CCOCCc1nc(N)c(Br)c(C2CC2)n1. The van der Waals surface area contributed by atoms with Gasteiger partial charge in [-0.25, -0.2) is 9.97 Å². The predicted molar refractivity (Wildman–Crippen MR) is 66.3 cm³/mol. The highest BCUT2D eigenvalue weighted by molar-refractivity contribution is 9.10. The van der Waals surface area contributed by atoms with Gasteiger partial charge < -0.3 is 10.5 Å². The van der Waals surface area contributed by atoms with Crippen LogP contribution in [0.5, 0.6) is 0 Å². The Bertz CT molecular complexity index is 380. The van der Waals surface area contributed by atoms with Crippen molar-refractivity contribution in [3.63, 3.8) is 0 Å². The van der Waals surface area contributed by atoms with Gasteiger partial charge in [-0.1, -0.05) is 0 Å². The normalized spacial score (nSPS) is 15.4. The fourth-order valence-corrected chi connectivity index (χ4v) is 2.08. The zero-order valence-corrected chi connectivity index (χ0v) is 11.0. The van der Waals surface area contributed by atoms with E-state index in [0.717, 1.165) is 29.0 Å². The van der Waals surface area contributed by atoms with Gasteiger partial charge >= 0.3 is 0 Å². The average molecular weight is 286 g/mol. The highest BCUT2D eigenvalue weighted by Gasteiger charge is 2.28. The lowest BCUT2D eigenvalue weighted by molar-refractivity contribution is 0.149. The summed E-state index contributed by atoms with van der Waals surface area (Å²) in [4.78, 5) is 8.80. The lowest BCUT2D eigenvalue weighted by Crippen LogP contribution is -2.08. The van der Waals surface area contributed by atoms with Gasteiger partial charge in [0, 0.05) is 18.9 Å². The molecule has 16 heavy (non-hydrogen) atoms. The first-order chi connectivity index (χ1) is 7.72. The Hall–Kier alpha value is -0.680. The smallest absolute Gasteiger partial charge is 0.141 e. The van der Waals surface area contributed by atoms with Gasteiger partial charge in [-0.05, 0) is 35.7 Å². The van der Waals surface area contributed by atoms with E-state index in [9.17, 15) is 0 Å². The quantitative estimate of drug-likeness (QED) is 0.843. The van der Waals surface area contributed by atoms with Gasteiger partial charge in [0.1, 0.15) is 11.6 Å². The summed E-state index contributed by atoms with van der Waals surface area (Å²) in [5.41, 5.74) is 6.92. The molecule has 1 aromatic heterocycles. The summed E-state index contributed by atoms with van der Waals surface area (Å²) in [5.74, 6) is 1.91. The highest BCUT2D eigenvalue weighted by Crippen LogP contribution is 2.43. The van der Waals surface area contributed by atoms with Gasteiger partial charge in [-0.3, -0.25) is 0 Å². The number of hydrogen-bond acceptors (Lipinski definition) is 4. The fourth-order valence-electron chi connectivity index (χ4n) is 1.58. The second kappa shape index (κ2) is 5.10. The fraction of sp³-hybridized carbons (Fsp3) is 0.636. The first-order valence-corrected chi connectivity index (χ1v) is 6.41. The number of nitrogens with two attached hydrogens (primary N) is 1. The third kappa shape index (κ3) is 2.71. The molecule has 1 aliphatic carbocycles. The van der Waals surface area contributed by atoms with Crippen molar-refractivity contribution in [1.82, 2.24) is 9.97 Å². The van der Waals surface area contributed by atoms with E-state index in [2.05, 4.69) is 25.9 Å². The standard InChI is InChI=1S/C11H16BrN3O/c1-2-16-6-5-8-14-10(7-3-4-7)9(12)11(13)15-8/h7H,2-6H2,1H3,(H2,13,14,15). The number of anilines is 1. The molecule has 2 rings (SSSR count). The Balaban J connectivity index is 2.13. The van der Waals surface area contributed by atoms with Crippen LogP contribution in [0.3, 0.4) is 0 Å². The van der Waals surface area contributed by atoms with Gasteiger partial charge in [0.25, 0.3) is 0 Å². The summed E-state index contributed by atoms with van der Waals surface area (Å²) < 4.78 is 6.16. The van der Waals surface area contributed by atoms with Gasteiger partial charge in [-0.2, -0.15) is 0 Å². The van der Waals surface area contributed by atoms with E-state index < -0.39 is 0 Å². The van der Waals surface area contributed by atoms with Crippen LogP contribution in [0.4, 0.5) is 5.82 Å². The number of rotatable bonds is 5. The molecule has 88 valence electrons. The van der Waals surface area contributed by atoms with E-state index in [0.29, 0.717) is 18.3 Å². The third-order valence-corrected chi connectivity index (χ3v) is 3.40. The second-order valence-electron chi connectivity index (χ2n) is 3.95. The summed E-state index contributed by atoms with van der Waals surface area (Å²) in [6, 6.07) is 0. The molecule has 1 fully saturated rings. The number of hydrogen-bond donors (Lipinski definition) is 1. The molecule has 0 spiro atoms. The van der Waals surface area contributed by atoms with Gasteiger partial charge in [0.05, 0.1) is 16.8 Å². The maximum Gasteiger partial charge on any atom is 0.141 e. The molecule has 0 atom stereocenters. The number of ether oxygens (including phenoxy) is 1. The molecule has 0 bridgehead atoms. The molecule has 0 saturated heterocycles. The maximum absolute atomic E-state index is 5.85. The van der Waals surface area contributed by atoms with Gasteiger partial charge in [0.15, 0.2) is 0 Å². The van der Waals surface area contributed by atoms with E-state index in [-0.39, 0.29) is 0 Å². The Labute approximate surface area is 104 Å². The zero-order valence-electron chi connectivity index (χ0n) is 9.37. The monoisotopic (exact) mass is 285 g/mol. The summed E-state index contributed by atoms with van der Waals surface area (Å²) in [5, 5.41) is 0. The number of aromatic nitrogens is 2. The molecule has 0 radical (unpaired) electrons. The molecule has 5 heteroatoms. The van der Waals surface area contributed by atoms with Crippen molar-refractivity contribution in [3.05, 3.63) is 16.0 Å². The van der Waals surface area contributed by atoms with Gasteiger partial charge in [0.2, 0.25) is 0 Å². The molecule has 0 aromatic carbocycles. The predicted octanol–water partition coefficient (Wildman–Crippen LogP) is 2.28. The molecule has 1 aromatic rings. The first kappa shape index (κ1) is 11.8. The summed E-state index contributed by atoms with van der Waals surface area (Å²) >= 11 is 3.46. The Morgan fingerprint density at radius 3 is 2.81 bits per heavy atom. The first-order valence-electron chi connectivity index (χ1n) is 5.62. The Morgan fingerprint density at radius 2 is 2.19 bits per heavy atom. The molecule has 0 unspecified atom stereocenters.